The lowest BCUT2D eigenvalue weighted by Crippen LogP contribution is -2.11. The van der Waals surface area contributed by atoms with E-state index in [9.17, 15) is 5.11 Å². The first-order valence-corrected chi connectivity index (χ1v) is 7.52. The maximum absolute atomic E-state index is 10.9. The van der Waals surface area contributed by atoms with Gasteiger partial charge >= 0.3 is 0 Å². The molecule has 0 bridgehead atoms. The summed E-state index contributed by atoms with van der Waals surface area (Å²) in [6.07, 6.45) is 2.52. The number of aryl methyl sites for hydroxylation is 4. The second-order valence-corrected chi connectivity index (χ2v) is 6.07. The minimum absolute atomic E-state index is 0.383. The SMILES string of the molecule is Cc1cc(C)c(C(O)c2cnc(Cl)c3cnc(C)n23)c(C)c1. The van der Waals surface area contributed by atoms with Gasteiger partial charge in [0.05, 0.1) is 18.1 Å². The number of halogens is 1. The summed E-state index contributed by atoms with van der Waals surface area (Å²) in [4.78, 5) is 8.47. The molecule has 1 atom stereocenters. The highest BCUT2D eigenvalue weighted by molar-refractivity contribution is 6.32. The Balaban J connectivity index is 2.24. The fourth-order valence-corrected chi connectivity index (χ4v) is 3.31. The van der Waals surface area contributed by atoms with Crippen LogP contribution in [0.1, 0.15) is 39.9 Å². The van der Waals surface area contributed by atoms with E-state index in [1.165, 1.54) is 5.56 Å². The summed E-state index contributed by atoms with van der Waals surface area (Å²) >= 11 is 6.12. The molecule has 0 fully saturated rings. The number of fused-ring (bicyclic) bond motifs is 1. The molecule has 1 N–H and O–H groups in total. The molecule has 5 heteroatoms. The molecule has 2 aromatic heterocycles. The summed E-state index contributed by atoms with van der Waals surface area (Å²) in [5.74, 6) is 0.774. The van der Waals surface area contributed by atoms with Crippen molar-refractivity contribution in [3.63, 3.8) is 0 Å². The van der Waals surface area contributed by atoms with Crippen LogP contribution in [0.3, 0.4) is 0 Å². The Labute approximate surface area is 134 Å². The molecule has 2 heterocycles. The van der Waals surface area contributed by atoms with E-state index < -0.39 is 6.10 Å². The third kappa shape index (κ3) is 2.28. The van der Waals surface area contributed by atoms with Crippen molar-refractivity contribution in [1.82, 2.24) is 14.4 Å². The number of imidazole rings is 1. The third-order valence-corrected chi connectivity index (χ3v) is 4.30. The van der Waals surface area contributed by atoms with Crippen molar-refractivity contribution in [1.29, 1.82) is 0 Å². The van der Waals surface area contributed by atoms with Crippen molar-refractivity contribution in [3.8, 4) is 0 Å². The molecule has 4 nitrogen and oxygen atoms in total. The lowest BCUT2D eigenvalue weighted by Gasteiger charge is -2.19. The summed E-state index contributed by atoms with van der Waals surface area (Å²) in [6, 6.07) is 4.15. The molecule has 0 spiro atoms. The average Bonchev–Trinajstić information content (AvgIpc) is 2.81. The van der Waals surface area contributed by atoms with Crippen molar-refractivity contribution in [3.05, 3.63) is 63.5 Å². The first kappa shape index (κ1) is 15.0. The van der Waals surface area contributed by atoms with E-state index in [1.54, 1.807) is 12.4 Å². The molecule has 3 aromatic rings. The van der Waals surface area contributed by atoms with Gasteiger partial charge < -0.3 is 5.11 Å². The molecule has 1 aromatic carbocycles. The van der Waals surface area contributed by atoms with Crippen molar-refractivity contribution in [2.45, 2.75) is 33.8 Å². The smallest absolute Gasteiger partial charge is 0.154 e. The van der Waals surface area contributed by atoms with Crippen LogP contribution >= 0.6 is 11.6 Å². The molecule has 0 saturated carbocycles. The van der Waals surface area contributed by atoms with Gasteiger partial charge in [-0.15, -0.1) is 0 Å². The number of hydrogen-bond donors (Lipinski definition) is 1. The Morgan fingerprint density at radius 2 is 1.68 bits per heavy atom. The molecular formula is C17H18ClN3O. The minimum Gasteiger partial charge on any atom is -0.382 e. The van der Waals surface area contributed by atoms with Gasteiger partial charge in [0.15, 0.2) is 5.15 Å². The van der Waals surface area contributed by atoms with E-state index in [-0.39, 0.29) is 0 Å². The highest BCUT2D eigenvalue weighted by Crippen LogP contribution is 2.30. The standard InChI is InChI=1S/C17H18ClN3O/c1-9-5-10(2)15(11(3)6-9)16(22)13-7-20-17(18)14-8-19-12(4)21(13)14/h5-8,16,22H,1-4H3. The van der Waals surface area contributed by atoms with Crippen LogP contribution in [0, 0.1) is 27.7 Å². The van der Waals surface area contributed by atoms with Gasteiger partial charge in [0.1, 0.15) is 17.4 Å². The first-order chi connectivity index (χ1) is 10.4. The van der Waals surface area contributed by atoms with Gasteiger partial charge in [0.2, 0.25) is 0 Å². The van der Waals surface area contributed by atoms with Crippen LogP contribution in [-0.2, 0) is 0 Å². The first-order valence-electron chi connectivity index (χ1n) is 7.14. The summed E-state index contributed by atoms with van der Waals surface area (Å²) in [5.41, 5.74) is 5.59. The topological polar surface area (TPSA) is 50.4 Å². The summed E-state index contributed by atoms with van der Waals surface area (Å²) in [5, 5.41) is 11.3. The van der Waals surface area contributed by atoms with E-state index in [0.29, 0.717) is 16.4 Å². The number of rotatable bonds is 2. The molecule has 22 heavy (non-hydrogen) atoms. The minimum atomic E-state index is -0.777. The van der Waals surface area contributed by atoms with Gasteiger partial charge in [-0.2, -0.15) is 0 Å². The molecule has 0 amide bonds. The Kier molecular flexibility index (Phi) is 3.67. The fraction of sp³-hybridized carbons (Fsp3) is 0.294. The maximum Gasteiger partial charge on any atom is 0.154 e. The molecular weight excluding hydrogens is 298 g/mol. The van der Waals surface area contributed by atoms with Crippen LogP contribution in [0.25, 0.3) is 5.52 Å². The number of aromatic nitrogens is 3. The van der Waals surface area contributed by atoms with E-state index in [2.05, 4.69) is 29.0 Å². The molecule has 0 aliphatic carbocycles. The van der Waals surface area contributed by atoms with Gasteiger partial charge in [-0.05, 0) is 44.4 Å². The Morgan fingerprint density at radius 1 is 1.05 bits per heavy atom. The van der Waals surface area contributed by atoms with E-state index in [0.717, 1.165) is 22.5 Å². The highest BCUT2D eigenvalue weighted by Gasteiger charge is 2.21. The van der Waals surface area contributed by atoms with E-state index >= 15 is 0 Å². The largest absolute Gasteiger partial charge is 0.382 e. The number of aliphatic hydroxyl groups excluding tert-OH is 1. The van der Waals surface area contributed by atoms with Gasteiger partial charge in [-0.25, -0.2) is 9.97 Å². The lowest BCUT2D eigenvalue weighted by atomic mass is 9.94. The number of hydrogen-bond acceptors (Lipinski definition) is 3. The Hall–Kier alpha value is -1.91. The Morgan fingerprint density at radius 3 is 2.32 bits per heavy atom. The summed E-state index contributed by atoms with van der Waals surface area (Å²) in [6.45, 7) is 7.96. The fourth-order valence-electron chi connectivity index (χ4n) is 3.13. The Bertz CT molecular complexity index is 847. The van der Waals surface area contributed by atoms with Crippen LogP contribution in [0.15, 0.2) is 24.5 Å². The van der Waals surface area contributed by atoms with Crippen molar-refractivity contribution < 1.29 is 5.11 Å². The van der Waals surface area contributed by atoms with Crippen LogP contribution in [0.2, 0.25) is 5.15 Å². The second kappa shape index (κ2) is 5.38. The maximum atomic E-state index is 10.9. The molecule has 0 aliphatic rings. The van der Waals surface area contributed by atoms with Crippen LogP contribution in [0.4, 0.5) is 0 Å². The van der Waals surface area contributed by atoms with E-state index in [4.69, 9.17) is 11.6 Å². The predicted octanol–water partition coefficient (Wildman–Crippen LogP) is 3.70. The molecule has 3 rings (SSSR count). The van der Waals surface area contributed by atoms with Gasteiger partial charge in [0, 0.05) is 0 Å². The zero-order chi connectivity index (χ0) is 16.0. The normalized spacial score (nSPS) is 12.8. The monoisotopic (exact) mass is 315 g/mol. The van der Waals surface area contributed by atoms with Gasteiger partial charge in [0.25, 0.3) is 0 Å². The van der Waals surface area contributed by atoms with Gasteiger partial charge in [-0.1, -0.05) is 29.3 Å². The number of aliphatic hydroxyl groups is 1. The molecule has 1 unspecified atom stereocenters. The van der Waals surface area contributed by atoms with Crippen molar-refractivity contribution in [2.24, 2.45) is 0 Å². The quantitative estimate of drug-likeness (QED) is 0.784. The molecule has 0 radical (unpaired) electrons. The second-order valence-electron chi connectivity index (χ2n) is 5.71. The van der Waals surface area contributed by atoms with Crippen LogP contribution in [-0.4, -0.2) is 19.5 Å². The van der Waals surface area contributed by atoms with Crippen LogP contribution in [0.5, 0.6) is 0 Å². The van der Waals surface area contributed by atoms with Gasteiger partial charge in [-0.3, -0.25) is 4.40 Å². The number of nitrogens with zero attached hydrogens (tertiary/aromatic N) is 3. The third-order valence-electron chi connectivity index (χ3n) is 4.01. The summed E-state index contributed by atoms with van der Waals surface area (Å²) in [7, 11) is 0. The molecule has 114 valence electrons. The lowest BCUT2D eigenvalue weighted by molar-refractivity contribution is 0.211. The number of benzene rings is 1. The zero-order valence-corrected chi connectivity index (χ0v) is 13.8. The molecule has 0 saturated heterocycles. The molecule has 0 aliphatic heterocycles. The average molecular weight is 316 g/mol. The van der Waals surface area contributed by atoms with E-state index in [1.807, 2.05) is 25.2 Å². The summed E-state index contributed by atoms with van der Waals surface area (Å²) < 4.78 is 1.86. The van der Waals surface area contributed by atoms with Crippen LogP contribution < -0.4 is 0 Å². The zero-order valence-electron chi connectivity index (χ0n) is 13.1. The van der Waals surface area contributed by atoms with Crippen molar-refractivity contribution in [2.75, 3.05) is 0 Å². The highest BCUT2D eigenvalue weighted by atomic mass is 35.5. The predicted molar refractivity (Wildman–Crippen MR) is 87.4 cm³/mol. The van der Waals surface area contributed by atoms with Crippen molar-refractivity contribution >= 4 is 17.1 Å².